The molecule has 0 aromatic heterocycles. The zero-order chi connectivity index (χ0) is 18.2. The maximum atomic E-state index is 13.0. The highest BCUT2D eigenvalue weighted by atomic mass is 16.2. The van der Waals surface area contributed by atoms with E-state index >= 15 is 0 Å². The molecule has 7 atom stereocenters. The Hall–Kier alpha value is -2.43. The summed E-state index contributed by atoms with van der Waals surface area (Å²) in [5.41, 5.74) is 1.78. The molecule has 134 valence electrons. The van der Waals surface area contributed by atoms with Gasteiger partial charge in [0.25, 0.3) is 0 Å². The summed E-state index contributed by atoms with van der Waals surface area (Å²) in [6, 6.07) is 6.68. The van der Waals surface area contributed by atoms with Crippen molar-refractivity contribution in [2.75, 3.05) is 5.32 Å². The molecular formula is C21H22N2O3. The molecule has 0 spiro atoms. The number of carbonyl (C=O) groups excluding carboxylic acids is 3. The van der Waals surface area contributed by atoms with Crippen LogP contribution in [0.15, 0.2) is 36.4 Å². The van der Waals surface area contributed by atoms with E-state index in [2.05, 4.69) is 17.5 Å². The van der Waals surface area contributed by atoms with Crippen LogP contribution in [0.4, 0.5) is 5.69 Å². The second-order valence-corrected chi connectivity index (χ2v) is 8.23. The van der Waals surface area contributed by atoms with Crippen molar-refractivity contribution >= 4 is 23.4 Å². The fourth-order valence-electron chi connectivity index (χ4n) is 5.36. The Morgan fingerprint density at radius 3 is 2.12 bits per heavy atom. The number of anilines is 1. The van der Waals surface area contributed by atoms with Crippen LogP contribution in [-0.2, 0) is 14.4 Å². The normalized spacial score (nSPS) is 37.4. The lowest BCUT2D eigenvalue weighted by molar-refractivity contribution is -0.146. The number of likely N-dealkylation sites (tertiary alicyclic amines) is 1. The molecule has 1 aromatic rings. The predicted octanol–water partition coefficient (Wildman–Crippen LogP) is 2.38. The lowest BCUT2D eigenvalue weighted by atomic mass is 9.63. The lowest BCUT2D eigenvalue weighted by Crippen LogP contribution is -2.46. The standard InChI is InChI=1S/C21H22N2O3/c1-10-3-5-12(6-4-10)22-19(24)11(2)23-20(25)17-13-7-8-14(16-9-15(13)16)18(17)21(23)26/h3-8,11,13-18H,9H2,1-2H3,(H,22,24)/t11-,13-,14-,15-,16-,17+,18+/m1/s1. The molecule has 1 aliphatic heterocycles. The van der Waals surface area contributed by atoms with Gasteiger partial charge in [-0.1, -0.05) is 29.8 Å². The molecule has 0 unspecified atom stereocenters. The van der Waals surface area contributed by atoms with Crippen LogP contribution in [-0.4, -0.2) is 28.7 Å². The topological polar surface area (TPSA) is 66.5 Å². The number of hydrogen-bond acceptors (Lipinski definition) is 3. The van der Waals surface area contributed by atoms with Gasteiger partial charge in [-0.3, -0.25) is 19.3 Å². The van der Waals surface area contributed by atoms with Gasteiger partial charge in [-0.2, -0.15) is 0 Å². The van der Waals surface area contributed by atoms with Crippen LogP contribution in [0.3, 0.4) is 0 Å². The van der Waals surface area contributed by atoms with E-state index < -0.39 is 6.04 Å². The van der Waals surface area contributed by atoms with Gasteiger partial charge in [0.2, 0.25) is 17.7 Å². The lowest BCUT2D eigenvalue weighted by Gasteiger charge is -2.37. The van der Waals surface area contributed by atoms with E-state index in [0.717, 1.165) is 12.0 Å². The van der Waals surface area contributed by atoms with Crippen molar-refractivity contribution in [2.24, 2.45) is 35.5 Å². The minimum Gasteiger partial charge on any atom is -0.324 e. The number of benzene rings is 1. The van der Waals surface area contributed by atoms with E-state index in [0.29, 0.717) is 17.5 Å². The van der Waals surface area contributed by atoms with Crippen molar-refractivity contribution in [2.45, 2.75) is 26.3 Å². The van der Waals surface area contributed by atoms with Gasteiger partial charge in [0.15, 0.2) is 0 Å². The minimum atomic E-state index is -0.794. The molecule has 1 heterocycles. The summed E-state index contributed by atoms with van der Waals surface area (Å²) in [7, 11) is 0. The molecular weight excluding hydrogens is 328 g/mol. The molecule has 1 saturated heterocycles. The third-order valence-electron chi connectivity index (χ3n) is 6.78. The van der Waals surface area contributed by atoms with Gasteiger partial charge in [-0.05, 0) is 56.1 Å². The number of imide groups is 1. The summed E-state index contributed by atoms with van der Waals surface area (Å²) in [6.45, 7) is 3.62. The van der Waals surface area contributed by atoms with Crippen molar-refractivity contribution in [1.82, 2.24) is 4.90 Å². The molecule has 26 heavy (non-hydrogen) atoms. The molecule has 0 radical (unpaired) electrons. The van der Waals surface area contributed by atoms with Crippen LogP contribution >= 0.6 is 0 Å². The number of amides is 3. The molecule has 2 bridgehead atoms. The Balaban J connectivity index is 1.37. The molecule has 5 heteroatoms. The predicted molar refractivity (Wildman–Crippen MR) is 95.8 cm³/mol. The van der Waals surface area contributed by atoms with Gasteiger partial charge in [0.05, 0.1) is 11.8 Å². The largest absolute Gasteiger partial charge is 0.324 e. The Morgan fingerprint density at radius 1 is 1.04 bits per heavy atom. The van der Waals surface area contributed by atoms with E-state index in [9.17, 15) is 14.4 Å². The molecule has 6 rings (SSSR count). The minimum absolute atomic E-state index is 0.156. The van der Waals surface area contributed by atoms with Crippen LogP contribution in [0.5, 0.6) is 0 Å². The number of rotatable bonds is 3. The average molecular weight is 350 g/mol. The smallest absolute Gasteiger partial charge is 0.247 e. The van der Waals surface area contributed by atoms with E-state index in [1.54, 1.807) is 6.92 Å². The van der Waals surface area contributed by atoms with Gasteiger partial charge in [0.1, 0.15) is 6.04 Å². The highest BCUT2D eigenvalue weighted by molar-refractivity contribution is 6.10. The molecule has 4 aliphatic carbocycles. The first-order valence-corrected chi connectivity index (χ1v) is 9.40. The number of carbonyl (C=O) groups is 3. The number of hydrogen-bond donors (Lipinski definition) is 1. The van der Waals surface area contributed by atoms with Crippen LogP contribution in [0.2, 0.25) is 0 Å². The van der Waals surface area contributed by atoms with Crippen molar-refractivity contribution in [3.63, 3.8) is 0 Å². The van der Waals surface area contributed by atoms with Crippen LogP contribution < -0.4 is 5.32 Å². The van der Waals surface area contributed by atoms with Gasteiger partial charge in [-0.15, -0.1) is 0 Å². The van der Waals surface area contributed by atoms with Crippen molar-refractivity contribution in [1.29, 1.82) is 0 Å². The summed E-state index contributed by atoms with van der Waals surface area (Å²) in [4.78, 5) is 40.0. The second kappa shape index (κ2) is 5.29. The first-order chi connectivity index (χ1) is 12.5. The highest BCUT2D eigenvalue weighted by Gasteiger charge is 2.67. The monoisotopic (exact) mass is 350 g/mol. The molecule has 3 amide bonds. The Bertz CT molecular complexity index is 807. The average Bonchev–Trinajstić information content (AvgIpc) is 3.41. The summed E-state index contributed by atoms with van der Waals surface area (Å²) < 4.78 is 0. The third-order valence-corrected chi connectivity index (χ3v) is 6.78. The summed E-state index contributed by atoms with van der Waals surface area (Å²) >= 11 is 0. The summed E-state index contributed by atoms with van der Waals surface area (Å²) in [5.74, 6) is 0.367. The summed E-state index contributed by atoms with van der Waals surface area (Å²) in [5, 5.41) is 2.82. The van der Waals surface area contributed by atoms with E-state index in [-0.39, 0.29) is 41.4 Å². The molecule has 5 nitrogen and oxygen atoms in total. The number of allylic oxidation sites excluding steroid dienone is 2. The zero-order valence-corrected chi connectivity index (χ0v) is 14.9. The van der Waals surface area contributed by atoms with E-state index in [1.807, 2.05) is 31.2 Å². The highest BCUT2D eigenvalue weighted by Crippen LogP contribution is 2.65. The first-order valence-electron chi connectivity index (χ1n) is 9.40. The van der Waals surface area contributed by atoms with Crippen LogP contribution in [0.1, 0.15) is 18.9 Å². The first kappa shape index (κ1) is 15.8. The molecule has 1 aromatic carbocycles. The molecule has 1 N–H and O–H groups in total. The third kappa shape index (κ3) is 2.06. The zero-order valence-electron chi connectivity index (χ0n) is 14.9. The maximum Gasteiger partial charge on any atom is 0.247 e. The Morgan fingerprint density at radius 2 is 1.58 bits per heavy atom. The number of aryl methyl sites for hydroxylation is 1. The molecule has 5 aliphatic rings. The van der Waals surface area contributed by atoms with Crippen LogP contribution in [0, 0.1) is 42.4 Å². The van der Waals surface area contributed by atoms with Gasteiger partial charge < -0.3 is 5.32 Å². The molecule has 2 saturated carbocycles. The SMILES string of the molecule is Cc1ccc(NC(=O)[C@@H](C)N2C(=O)[C@H]3[C@@H]4C=C[C@H]([C@H]5C[C@H]45)[C@@H]3C2=O)cc1. The maximum absolute atomic E-state index is 13.0. The molecule has 3 fully saturated rings. The van der Waals surface area contributed by atoms with E-state index in [1.165, 1.54) is 4.90 Å². The fraction of sp³-hybridized carbons (Fsp3) is 0.476. The van der Waals surface area contributed by atoms with Crippen molar-refractivity contribution in [3.8, 4) is 0 Å². The fourth-order valence-corrected chi connectivity index (χ4v) is 5.36. The van der Waals surface area contributed by atoms with E-state index in [4.69, 9.17) is 0 Å². The van der Waals surface area contributed by atoms with Gasteiger partial charge in [0, 0.05) is 5.69 Å². The quantitative estimate of drug-likeness (QED) is 0.672. The second-order valence-electron chi connectivity index (χ2n) is 8.23. The summed E-state index contributed by atoms with van der Waals surface area (Å²) in [6.07, 6.45) is 5.43. The van der Waals surface area contributed by atoms with Gasteiger partial charge >= 0.3 is 0 Å². The van der Waals surface area contributed by atoms with Crippen molar-refractivity contribution < 1.29 is 14.4 Å². The number of nitrogens with one attached hydrogen (secondary N) is 1. The number of nitrogens with zero attached hydrogens (tertiary/aromatic N) is 1. The van der Waals surface area contributed by atoms with Crippen LogP contribution in [0.25, 0.3) is 0 Å². The Kier molecular flexibility index (Phi) is 3.21. The van der Waals surface area contributed by atoms with Gasteiger partial charge in [-0.25, -0.2) is 0 Å². The Labute approximate surface area is 152 Å². The van der Waals surface area contributed by atoms with Crippen molar-refractivity contribution in [3.05, 3.63) is 42.0 Å².